The third-order valence-electron chi connectivity index (χ3n) is 0.661. The standard InChI is InChI=1S/C3H8N2O3S/c4-2(3(6)7)1-9(5)8/h2H,1,4-5H2,(H,6,7). The Balaban J connectivity index is 3.63. The molecule has 54 valence electrons. The van der Waals surface area contributed by atoms with Gasteiger partial charge in [-0.15, -0.1) is 0 Å². The summed E-state index contributed by atoms with van der Waals surface area (Å²) in [5.74, 6) is -1.39. The molecule has 0 aromatic carbocycles. The lowest BCUT2D eigenvalue weighted by molar-refractivity contribution is -0.137. The van der Waals surface area contributed by atoms with Gasteiger partial charge in [0.25, 0.3) is 0 Å². The van der Waals surface area contributed by atoms with Crippen molar-refractivity contribution < 1.29 is 14.1 Å². The number of nitrogens with two attached hydrogens (primary N) is 2. The van der Waals surface area contributed by atoms with Crippen molar-refractivity contribution in [1.29, 1.82) is 0 Å². The Hall–Kier alpha value is -0.460. The normalized spacial score (nSPS) is 16.7. The summed E-state index contributed by atoms with van der Waals surface area (Å²) in [6, 6.07) is -1.11. The van der Waals surface area contributed by atoms with Gasteiger partial charge in [-0.25, -0.2) is 4.21 Å². The second kappa shape index (κ2) is 3.54. The molecule has 0 aliphatic rings. The van der Waals surface area contributed by atoms with E-state index in [1.54, 1.807) is 0 Å². The van der Waals surface area contributed by atoms with E-state index >= 15 is 0 Å². The predicted molar refractivity (Wildman–Crippen MR) is 32.8 cm³/mol. The first-order chi connectivity index (χ1) is 4.04. The van der Waals surface area contributed by atoms with E-state index in [1.165, 1.54) is 0 Å². The second-order valence-corrected chi connectivity index (χ2v) is 2.59. The molecule has 0 fully saturated rings. The molecule has 0 rings (SSSR count). The molecule has 0 bridgehead atoms. The average Bonchev–Trinajstić information content (AvgIpc) is 1.63. The topological polar surface area (TPSA) is 106 Å². The first kappa shape index (κ1) is 8.54. The summed E-state index contributed by atoms with van der Waals surface area (Å²) in [5, 5.41) is 12.9. The molecule has 0 aromatic rings. The molecule has 5 nitrogen and oxygen atoms in total. The van der Waals surface area contributed by atoms with E-state index in [1.807, 2.05) is 0 Å². The predicted octanol–water partition coefficient (Wildman–Crippen LogP) is -1.98. The summed E-state index contributed by atoms with van der Waals surface area (Å²) in [7, 11) is -1.62. The Morgan fingerprint density at radius 3 is 2.33 bits per heavy atom. The largest absolute Gasteiger partial charge is 0.480 e. The number of carboxylic acids is 1. The molecule has 0 aromatic heterocycles. The van der Waals surface area contributed by atoms with Crippen LogP contribution in [0.2, 0.25) is 0 Å². The van der Waals surface area contributed by atoms with Gasteiger partial charge in [0.1, 0.15) is 6.04 Å². The van der Waals surface area contributed by atoms with Crippen molar-refractivity contribution in [3.8, 4) is 0 Å². The van der Waals surface area contributed by atoms with E-state index in [0.29, 0.717) is 0 Å². The van der Waals surface area contributed by atoms with Gasteiger partial charge >= 0.3 is 5.97 Å². The van der Waals surface area contributed by atoms with Crippen LogP contribution in [0.15, 0.2) is 0 Å². The third-order valence-corrected chi connectivity index (χ3v) is 1.35. The van der Waals surface area contributed by atoms with Gasteiger partial charge in [0, 0.05) is 0 Å². The minimum Gasteiger partial charge on any atom is -0.480 e. The molecule has 6 heteroatoms. The number of carboxylic acid groups (broad SMARTS) is 1. The highest BCUT2D eigenvalue weighted by molar-refractivity contribution is 7.82. The third kappa shape index (κ3) is 4.07. The summed E-state index contributed by atoms with van der Waals surface area (Å²) >= 11 is 0. The zero-order valence-electron chi connectivity index (χ0n) is 4.61. The Morgan fingerprint density at radius 1 is 1.78 bits per heavy atom. The lowest BCUT2D eigenvalue weighted by Crippen LogP contribution is -2.37. The van der Waals surface area contributed by atoms with Crippen molar-refractivity contribution in [2.75, 3.05) is 5.75 Å². The van der Waals surface area contributed by atoms with Crippen LogP contribution < -0.4 is 10.9 Å². The zero-order valence-corrected chi connectivity index (χ0v) is 5.43. The Labute approximate surface area is 54.6 Å². The maximum atomic E-state index is 10.1. The summed E-state index contributed by atoms with van der Waals surface area (Å²) in [5.41, 5.74) is 4.94. The summed E-state index contributed by atoms with van der Waals surface area (Å²) in [6.45, 7) is 0. The fourth-order valence-electron chi connectivity index (χ4n) is 0.248. The van der Waals surface area contributed by atoms with E-state index in [-0.39, 0.29) is 5.75 Å². The van der Waals surface area contributed by atoms with Gasteiger partial charge in [0.15, 0.2) is 0 Å². The molecular weight excluding hydrogens is 144 g/mol. The highest BCUT2D eigenvalue weighted by atomic mass is 32.2. The van der Waals surface area contributed by atoms with Crippen LogP contribution in [-0.4, -0.2) is 27.1 Å². The SMILES string of the molecule is NC(CS(N)=O)C(=O)O. The number of aliphatic carboxylic acids is 1. The Morgan fingerprint density at radius 2 is 2.22 bits per heavy atom. The summed E-state index contributed by atoms with van der Waals surface area (Å²) in [6.07, 6.45) is 0. The smallest absolute Gasteiger partial charge is 0.321 e. The minimum absolute atomic E-state index is 0.199. The molecule has 0 heterocycles. The van der Waals surface area contributed by atoms with Gasteiger partial charge in [-0.05, 0) is 0 Å². The van der Waals surface area contributed by atoms with Crippen molar-refractivity contribution in [2.24, 2.45) is 10.9 Å². The van der Waals surface area contributed by atoms with Crippen molar-refractivity contribution in [1.82, 2.24) is 0 Å². The first-order valence-electron chi connectivity index (χ1n) is 2.15. The quantitative estimate of drug-likeness (QED) is 0.435. The van der Waals surface area contributed by atoms with E-state index in [2.05, 4.69) is 0 Å². The number of hydrogen-bond donors (Lipinski definition) is 3. The molecular formula is C3H8N2O3S. The van der Waals surface area contributed by atoms with Gasteiger partial charge in [-0.2, -0.15) is 0 Å². The molecule has 0 aliphatic heterocycles. The van der Waals surface area contributed by atoms with Crippen molar-refractivity contribution in [3.05, 3.63) is 0 Å². The molecule has 2 atom stereocenters. The van der Waals surface area contributed by atoms with Crippen LogP contribution >= 0.6 is 0 Å². The van der Waals surface area contributed by atoms with Crippen LogP contribution in [0.25, 0.3) is 0 Å². The summed E-state index contributed by atoms with van der Waals surface area (Å²) in [4.78, 5) is 9.92. The van der Waals surface area contributed by atoms with Crippen molar-refractivity contribution in [2.45, 2.75) is 6.04 Å². The van der Waals surface area contributed by atoms with Crippen LogP contribution in [0, 0.1) is 0 Å². The van der Waals surface area contributed by atoms with Gasteiger partial charge in [-0.1, -0.05) is 0 Å². The van der Waals surface area contributed by atoms with Crippen LogP contribution in [0.4, 0.5) is 0 Å². The molecule has 0 saturated heterocycles. The van der Waals surface area contributed by atoms with Gasteiger partial charge in [-0.3, -0.25) is 9.93 Å². The Bertz CT molecular complexity index is 137. The van der Waals surface area contributed by atoms with Gasteiger partial charge < -0.3 is 10.8 Å². The van der Waals surface area contributed by atoms with Gasteiger partial charge in [0.2, 0.25) is 0 Å². The molecule has 0 aliphatic carbocycles. The molecule has 2 unspecified atom stereocenters. The van der Waals surface area contributed by atoms with Crippen LogP contribution in [0.3, 0.4) is 0 Å². The van der Waals surface area contributed by atoms with Crippen LogP contribution in [0.1, 0.15) is 0 Å². The number of carbonyl (C=O) groups is 1. The minimum atomic E-state index is -1.62. The molecule has 0 amide bonds. The molecule has 0 spiro atoms. The lowest BCUT2D eigenvalue weighted by Gasteiger charge is -2.00. The molecule has 0 radical (unpaired) electrons. The lowest BCUT2D eigenvalue weighted by atomic mass is 10.4. The van der Waals surface area contributed by atoms with Crippen molar-refractivity contribution >= 4 is 17.0 Å². The maximum absolute atomic E-state index is 10.1. The molecule has 5 N–H and O–H groups in total. The average molecular weight is 152 g/mol. The monoisotopic (exact) mass is 152 g/mol. The maximum Gasteiger partial charge on any atom is 0.321 e. The molecule has 9 heavy (non-hydrogen) atoms. The van der Waals surface area contributed by atoms with E-state index in [4.69, 9.17) is 16.0 Å². The summed E-state index contributed by atoms with van der Waals surface area (Å²) < 4.78 is 10.1. The fraction of sp³-hybridized carbons (Fsp3) is 0.667. The zero-order chi connectivity index (χ0) is 7.44. The Kier molecular flexibility index (Phi) is 3.36. The van der Waals surface area contributed by atoms with E-state index in [9.17, 15) is 9.00 Å². The molecule has 0 saturated carbocycles. The van der Waals surface area contributed by atoms with Crippen LogP contribution in [0.5, 0.6) is 0 Å². The van der Waals surface area contributed by atoms with E-state index in [0.717, 1.165) is 0 Å². The first-order valence-corrected chi connectivity index (χ1v) is 3.53. The van der Waals surface area contributed by atoms with Gasteiger partial charge in [0.05, 0.1) is 16.7 Å². The number of hydrogen-bond acceptors (Lipinski definition) is 3. The second-order valence-electron chi connectivity index (χ2n) is 1.49. The number of rotatable bonds is 3. The highest BCUT2D eigenvalue weighted by Crippen LogP contribution is 1.79. The van der Waals surface area contributed by atoms with Crippen molar-refractivity contribution in [3.63, 3.8) is 0 Å². The fourth-order valence-corrected chi connectivity index (χ4v) is 0.745. The highest BCUT2D eigenvalue weighted by Gasteiger charge is 2.12. The van der Waals surface area contributed by atoms with Crippen LogP contribution in [-0.2, 0) is 15.8 Å². The van der Waals surface area contributed by atoms with E-state index < -0.39 is 23.0 Å².